The van der Waals surface area contributed by atoms with Gasteiger partial charge in [-0.1, -0.05) is 6.07 Å². The van der Waals surface area contributed by atoms with Gasteiger partial charge in [-0.15, -0.1) is 0 Å². The Labute approximate surface area is 203 Å². The van der Waals surface area contributed by atoms with Crippen LogP contribution in [0.25, 0.3) is 11.3 Å². The number of pyridine rings is 1. The Hall–Kier alpha value is -3.19. The van der Waals surface area contributed by atoms with Crippen LogP contribution in [0, 0.1) is 12.7 Å². The van der Waals surface area contributed by atoms with Crippen molar-refractivity contribution in [2.45, 2.75) is 24.9 Å². The molecule has 3 heterocycles. The Morgan fingerprint density at radius 1 is 1.20 bits per heavy atom. The number of aryl methyl sites for hydroxylation is 1. The van der Waals surface area contributed by atoms with Gasteiger partial charge in [0, 0.05) is 31.3 Å². The van der Waals surface area contributed by atoms with Crippen molar-refractivity contribution in [3.8, 4) is 17.1 Å². The number of ether oxygens (including phenoxy) is 2. The Bertz CT molecular complexity index is 1350. The van der Waals surface area contributed by atoms with E-state index in [0.717, 1.165) is 30.3 Å². The molecule has 0 aliphatic carbocycles. The van der Waals surface area contributed by atoms with E-state index >= 15 is 0 Å². The number of aromatic nitrogens is 3. The lowest BCUT2D eigenvalue weighted by molar-refractivity contribution is 0.0326. The average Bonchev–Trinajstić information content (AvgIpc) is 3.12. The predicted molar refractivity (Wildman–Crippen MR) is 129 cm³/mol. The number of hydrogen-bond donors (Lipinski definition) is 1. The summed E-state index contributed by atoms with van der Waals surface area (Å²) in [5, 5.41) is 5.12. The monoisotopic (exact) mass is 502 g/mol. The Kier molecular flexibility index (Phi) is 7.26. The number of rotatable bonds is 8. The third kappa shape index (κ3) is 5.40. The first kappa shape index (κ1) is 24.9. The SMILES string of the molecule is C=Nc1nc(OC)ccc1-c1c(C)nc(CN2CCOCC2)n1Cc1ccc(S(N)(=O)=O)c(F)c1. The van der Waals surface area contributed by atoms with Crippen LogP contribution in [0.15, 0.2) is 40.2 Å². The van der Waals surface area contributed by atoms with Gasteiger partial charge < -0.3 is 14.0 Å². The third-order valence-electron chi connectivity index (χ3n) is 5.80. The molecule has 1 fully saturated rings. The van der Waals surface area contributed by atoms with Gasteiger partial charge in [0.1, 0.15) is 16.5 Å². The summed E-state index contributed by atoms with van der Waals surface area (Å²) in [6.07, 6.45) is 0. The number of nitrogens with two attached hydrogens (primary N) is 1. The molecule has 2 aromatic heterocycles. The Balaban J connectivity index is 1.82. The van der Waals surface area contributed by atoms with Crippen molar-refractivity contribution in [2.24, 2.45) is 10.1 Å². The highest BCUT2D eigenvalue weighted by Gasteiger charge is 2.23. The highest BCUT2D eigenvalue weighted by molar-refractivity contribution is 7.89. The average molecular weight is 503 g/mol. The van der Waals surface area contributed by atoms with Crippen molar-refractivity contribution in [1.82, 2.24) is 19.4 Å². The second-order valence-corrected chi connectivity index (χ2v) is 9.66. The zero-order valence-electron chi connectivity index (χ0n) is 19.6. The van der Waals surface area contributed by atoms with Crippen LogP contribution in [0.4, 0.5) is 10.2 Å². The fourth-order valence-electron chi connectivity index (χ4n) is 4.13. The van der Waals surface area contributed by atoms with E-state index in [1.165, 1.54) is 19.2 Å². The van der Waals surface area contributed by atoms with Crippen molar-refractivity contribution < 1.29 is 22.3 Å². The summed E-state index contributed by atoms with van der Waals surface area (Å²) in [5.41, 5.74) is 2.74. The lowest BCUT2D eigenvalue weighted by Crippen LogP contribution is -2.36. The number of sulfonamides is 1. The summed E-state index contributed by atoms with van der Waals surface area (Å²) in [6.45, 7) is 9.13. The molecule has 12 heteroatoms. The first-order valence-electron chi connectivity index (χ1n) is 10.9. The zero-order chi connectivity index (χ0) is 25.2. The zero-order valence-corrected chi connectivity index (χ0v) is 20.4. The summed E-state index contributed by atoms with van der Waals surface area (Å²) in [6, 6.07) is 7.45. The molecule has 0 amide bonds. The Morgan fingerprint density at radius 2 is 1.94 bits per heavy atom. The van der Waals surface area contributed by atoms with Gasteiger partial charge in [-0.05, 0) is 37.4 Å². The molecular weight excluding hydrogens is 475 g/mol. The number of halogens is 1. The van der Waals surface area contributed by atoms with E-state index in [1.807, 2.05) is 17.6 Å². The first-order chi connectivity index (χ1) is 16.7. The second kappa shape index (κ2) is 10.2. The van der Waals surface area contributed by atoms with Gasteiger partial charge in [0.25, 0.3) is 0 Å². The number of hydrogen-bond acceptors (Lipinski definition) is 8. The van der Waals surface area contributed by atoms with Crippen LogP contribution in [0.1, 0.15) is 17.1 Å². The van der Waals surface area contributed by atoms with E-state index < -0.39 is 20.7 Å². The lowest BCUT2D eigenvalue weighted by atomic mass is 10.1. The molecule has 186 valence electrons. The smallest absolute Gasteiger partial charge is 0.240 e. The van der Waals surface area contributed by atoms with Gasteiger partial charge in [0.05, 0.1) is 38.3 Å². The van der Waals surface area contributed by atoms with Gasteiger partial charge in [-0.2, -0.15) is 4.98 Å². The van der Waals surface area contributed by atoms with Crippen LogP contribution in [-0.2, 0) is 27.8 Å². The largest absolute Gasteiger partial charge is 0.481 e. The fraction of sp³-hybridized carbons (Fsp3) is 0.348. The lowest BCUT2D eigenvalue weighted by Gasteiger charge is -2.26. The number of aliphatic imine (C=N–C) groups is 1. The number of benzene rings is 1. The summed E-state index contributed by atoms with van der Waals surface area (Å²) < 4.78 is 50.5. The molecule has 10 nitrogen and oxygen atoms in total. The van der Waals surface area contributed by atoms with Crippen molar-refractivity contribution >= 4 is 22.6 Å². The Morgan fingerprint density at radius 3 is 2.57 bits per heavy atom. The normalized spacial score (nSPS) is 14.7. The summed E-state index contributed by atoms with van der Waals surface area (Å²) in [4.78, 5) is 15.0. The van der Waals surface area contributed by atoms with Crippen LogP contribution in [-0.4, -0.2) is 68.0 Å². The molecule has 0 unspecified atom stereocenters. The maximum atomic E-state index is 14.6. The topological polar surface area (TPSA) is 125 Å². The molecule has 1 aliphatic heterocycles. The van der Waals surface area contributed by atoms with E-state index in [2.05, 4.69) is 21.6 Å². The van der Waals surface area contributed by atoms with Crippen LogP contribution in [0.3, 0.4) is 0 Å². The van der Waals surface area contributed by atoms with Crippen LogP contribution >= 0.6 is 0 Å². The van der Waals surface area contributed by atoms with E-state index in [-0.39, 0.29) is 6.54 Å². The van der Waals surface area contributed by atoms with E-state index in [9.17, 15) is 12.8 Å². The van der Waals surface area contributed by atoms with Gasteiger partial charge in [0.2, 0.25) is 15.9 Å². The minimum Gasteiger partial charge on any atom is -0.481 e. The summed E-state index contributed by atoms with van der Waals surface area (Å²) in [7, 11) is -2.65. The molecule has 1 saturated heterocycles. The quantitative estimate of drug-likeness (QED) is 0.469. The molecule has 4 rings (SSSR count). The minimum absolute atomic E-state index is 0.236. The molecule has 1 aromatic carbocycles. The highest BCUT2D eigenvalue weighted by Crippen LogP contribution is 2.34. The molecule has 2 N–H and O–H groups in total. The standard InChI is InChI=1S/C23H27FN6O4S/c1-15-22(17-5-7-21(33-3)28-23(17)26-2)30(20(27-15)14-29-8-10-34-11-9-29)13-16-4-6-19(18(24)12-16)35(25,31)32/h4-7,12H,2,8-11,13-14H2,1,3H3,(H2,25,31,32). The van der Waals surface area contributed by atoms with E-state index in [1.54, 1.807) is 12.1 Å². The van der Waals surface area contributed by atoms with Crippen molar-refractivity contribution in [1.29, 1.82) is 0 Å². The molecule has 0 saturated carbocycles. The maximum absolute atomic E-state index is 14.6. The molecule has 0 bridgehead atoms. The predicted octanol–water partition coefficient (Wildman–Crippen LogP) is 2.26. The van der Waals surface area contributed by atoms with Crippen LogP contribution < -0.4 is 9.88 Å². The van der Waals surface area contributed by atoms with Crippen molar-refractivity contribution in [2.75, 3.05) is 33.4 Å². The number of nitrogens with zero attached hydrogens (tertiary/aromatic N) is 5. The van der Waals surface area contributed by atoms with Crippen molar-refractivity contribution in [3.63, 3.8) is 0 Å². The van der Waals surface area contributed by atoms with Gasteiger partial charge in [-0.25, -0.2) is 27.9 Å². The molecule has 3 aromatic rings. The van der Waals surface area contributed by atoms with Gasteiger partial charge in [0.15, 0.2) is 5.82 Å². The van der Waals surface area contributed by atoms with Crippen LogP contribution in [0.5, 0.6) is 5.88 Å². The number of imidazole rings is 1. The van der Waals surface area contributed by atoms with Gasteiger partial charge >= 0.3 is 0 Å². The third-order valence-corrected chi connectivity index (χ3v) is 6.74. The van der Waals surface area contributed by atoms with E-state index in [0.29, 0.717) is 42.6 Å². The highest BCUT2D eigenvalue weighted by atomic mass is 32.2. The molecule has 35 heavy (non-hydrogen) atoms. The van der Waals surface area contributed by atoms with Crippen molar-refractivity contribution in [3.05, 3.63) is 53.2 Å². The second-order valence-electron chi connectivity index (χ2n) is 8.13. The maximum Gasteiger partial charge on any atom is 0.240 e. The molecular formula is C23H27FN6O4S. The fourth-order valence-corrected chi connectivity index (χ4v) is 4.72. The molecule has 0 spiro atoms. The number of methoxy groups -OCH3 is 1. The number of morpholine rings is 1. The molecule has 0 atom stereocenters. The first-order valence-corrected chi connectivity index (χ1v) is 12.5. The molecule has 0 radical (unpaired) electrons. The summed E-state index contributed by atoms with van der Waals surface area (Å²) >= 11 is 0. The molecule has 1 aliphatic rings. The van der Waals surface area contributed by atoms with Gasteiger partial charge in [-0.3, -0.25) is 4.90 Å². The van der Waals surface area contributed by atoms with Crippen LogP contribution in [0.2, 0.25) is 0 Å². The van der Waals surface area contributed by atoms with E-state index in [4.69, 9.17) is 19.6 Å². The number of primary sulfonamides is 1. The minimum atomic E-state index is -4.17. The summed E-state index contributed by atoms with van der Waals surface area (Å²) in [5.74, 6) is 0.634.